The number of anilines is 2. The molecule has 122 valence electrons. The predicted octanol–water partition coefficient (Wildman–Crippen LogP) is 3.58. The van der Waals surface area contributed by atoms with Gasteiger partial charge in [-0.1, -0.05) is 30.3 Å². The van der Waals surface area contributed by atoms with E-state index in [-0.39, 0.29) is 0 Å². The zero-order chi connectivity index (χ0) is 16.5. The van der Waals surface area contributed by atoms with Crippen LogP contribution in [0.15, 0.2) is 54.6 Å². The molecule has 1 saturated heterocycles. The molecule has 0 unspecified atom stereocenters. The second kappa shape index (κ2) is 6.04. The van der Waals surface area contributed by atoms with Crippen molar-refractivity contribution in [1.82, 2.24) is 4.98 Å². The number of aromatic nitrogens is 1. The number of benzene rings is 2. The standard InChI is InChI=1S/C20H21N3O/c1-15-14-20(21-17-7-3-2-6-16(15)17)23-12-10-22(11-13-23)18-8-4-5-9-19(18)24/h2-9,14,24H,10-13H2,1H3. The molecule has 1 aliphatic rings. The van der Waals surface area contributed by atoms with E-state index in [2.05, 4.69) is 41.0 Å². The maximum Gasteiger partial charge on any atom is 0.138 e. The van der Waals surface area contributed by atoms with Gasteiger partial charge < -0.3 is 14.9 Å². The van der Waals surface area contributed by atoms with Crippen LogP contribution in [0.3, 0.4) is 0 Å². The maximum absolute atomic E-state index is 10.0. The molecular weight excluding hydrogens is 298 g/mol. The molecule has 1 aliphatic heterocycles. The summed E-state index contributed by atoms with van der Waals surface area (Å²) in [6.07, 6.45) is 0. The summed E-state index contributed by atoms with van der Waals surface area (Å²) in [4.78, 5) is 9.40. The van der Waals surface area contributed by atoms with Crippen molar-refractivity contribution in [3.05, 3.63) is 60.2 Å². The molecule has 0 bridgehead atoms. The van der Waals surface area contributed by atoms with E-state index in [9.17, 15) is 5.11 Å². The molecule has 4 heteroatoms. The average molecular weight is 319 g/mol. The molecule has 0 spiro atoms. The van der Waals surface area contributed by atoms with E-state index >= 15 is 0 Å². The fourth-order valence-corrected chi connectivity index (χ4v) is 3.40. The lowest BCUT2D eigenvalue weighted by atomic mass is 10.1. The van der Waals surface area contributed by atoms with Crippen LogP contribution in [-0.4, -0.2) is 36.3 Å². The number of rotatable bonds is 2. The Labute approximate surface area is 142 Å². The van der Waals surface area contributed by atoms with E-state index in [4.69, 9.17) is 4.98 Å². The Balaban J connectivity index is 1.55. The Hall–Kier alpha value is -2.75. The first-order valence-corrected chi connectivity index (χ1v) is 8.36. The first-order valence-electron chi connectivity index (χ1n) is 8.36. The summed E-state index contributed by atoms with van der Waals surface area (Å²) in [5, 5.41) is 11.2. The molecule has 1 N–H and O–H groups in total. The maximum atomic E-state index is 10.0. The van der Waals surface area contributed by atoms with E-state index in [0.717, 1.165) is 43.2 Å². The fourth-order valence-electron chi connectivity index (χ4n) is 3.40. The van der Waals surface area contributed by atoms with Crippen LogP contribution >= 0.6 is 0 Å². The molecule has 0 saturated carbocycles. The van der Waals surface area contributed by atoms with E-state index < -0.39 is 0 Å². The molecule has 4 rings (SSSR count). The van der Waals surface area contributed by atoms with Gasteiger partial charge in [0.25, 0.3) is 0 Å². The molecule has 2 aromatic carbocycles. The number of hydrogen-bond acceptors (Lipinski definition) is 4. The molecule has 4 nitrogen and oxygen atoms in total. The topological polar surface area (TPSA) is 39.6 Å². The molecule has 1 fully saturated rings. The average Bonchev–Trinajstić information content (AvgIpc) is 2.62. The summed E-state index contributed by atoms with van der Waals surface area (Å²) in [5.41, 5.74) is 3.23. The number of piperazine rings is 1. The van der Waals surface area contributed by atoms with Crippen LogP contribution in [0.25, 0.3) is 10.9 Å². The van der Waals surface area contributed by atoms with Gasteiger partial charge in [-0.05, 0) is 36.8 Å². The van der Waals surface area contributed by atoms with Crippen molar-refractivity contribution in [2.45, 2.75) is 6.92 Å². The summed E-state index contributed by atoms with van der Waals surface area (Å²) in [5.74, 6) is 1.40. The smallest absolute Gasteiger partial charge is 0.138 e. The normalized spacial score (nSPS) is 15.0. The van der Waals surface area contributed by atoms with Crippen LogP contribution < -0.4 is 9.80 Å². The summed E-state index contributed by atoms with van der Waals surface area (Å²) in [6.45, 7) is 5.71. The highest BCUT2D eigenvalue weighted by atomic mass is 16.3. The Morgan fingerprint density at radius 1 is 0.875 bits per heavy atom. The number of aryl methyl sites for hydroxylation is 1. The first kappa shape index (κ1) is 14.8. The summed E-state index contributed by atoms with van der Waals surface area (Å²) < 4.78 is 0. The van der Waals surface area contributed by atoms with Gasteiger partial charge in [0.1, 0.15) is 11.6 Å². The Morgan fingerprint density at radius 2 is 1.54 bits per heavy atom. The molecule has 2 heterocycles. The van der Waals surface area contributed by atoms with Crippen molar-refractivity contribution in [1.29, 1.82) is 0 Å². The lowest BCUT2D eigenvalue weighted by molar-refractivity contribution is 0.472. The minimum Gasteiger partial charge on any atom is -0.506 e. The summed E-state index contributed by atoms with van der Waals surface area (Å²) >= 11 is 0. The van der Waals surface area contributed by atoms with Gasteiger partial charge in [-0.3, -0.25) is 0 Å². The van der Waals surface area contributed by atoms with Crippen molar-refractivity contribution in [2.24, 2.45) is 0 Å². The quantitative estimate of drug-likeness (QED) is 0.784. The Bertz CT molecular complexity index is 870. The number of pyridine rings is 1. The van der Waals surface area contributed by atoms with Crippen LogP contribution in [0.4, 0.5) is 11.5 Å². The monoisotopic (exact) mass is 319 g/mol. The summed E-state index contributed by atoms with van der Waals surface area (Å²) in [7, 11) is 0. The number of phenols is 1. The predicted molar refractivity (Wildman–Crippen MR) is 99.0 cm³/mol. The van der Waals surface area contributed by atoms with E-state index in [0.29, 0.717) is 5.75 Å². The Kier molecular flexibility index (Phi) is 3.73. The van der Waals surface area contributed by atoms with Crippen LogP contribution in [0.5, 0.6) is 5.75 Å². The third-order valence-electron chi connectivity index (χ3n) is 4.74. The highest BCUT2D eigenvalue weighted by Gasteiger charge is 2.20. The first-order chi connectivity index (χ1) is 11.7. The third-order valence-corrected chi connectivity index (χ3v) is 4.74. The molecular formula is C20H21N3O. The second-order valence-corrected chi connectivity index (χ2v) is 6.28. The second-order valence-electron chi connectivity index (χ2n) is 6.28. The van der Waals surface area contributed by atoms with Gasteiger partial charge in [0.05, 0.1) is 11.2 Å². The fraction of sp³-hybridized carbons (Fsp3) is 0.250. The van der Waals surface area contributed by atoms with Gasteiger partial charge in [-0.25, -0.2) is 4.98 Å². The lowest BCUT2D eigenvalue weighted by Gasteiger charge is -2.37. The highest BCUT2D eigenvalue weighted by Crippen LogP contribution is 2.28. The number of fused-ring (bicyclic) bond motifs is 1. The zero-order valence-corrected chi connectivity index (χ0v) is 13.8. The SMILES string of the molecule is Cc1cc(N2CCN(c3ccccc3O)CC2)nc2ccccc12. The van der Waals surface area contributed by atoms with Gasteiger partial charge in [0.2, 0.25) is 0 Å². The van der Waals surface area contributed by atoms with Gasteiger partial charge >= 0.3 is 0 Å². The van der Waals surface area contributed by atoms with Gasteiger partial charge in [-0.2, -0.15) is 0 Å². The number of nitrogens with zero attached hydrogens (tertiary/aromatic N) is 3. The zero-order valence-electron chi connectivity index (χ0n) is 13.8. The highest BCUT2D eigenvalue weighted by molar-refractivity contribution is 5.83. The molecule has 3 aromatic rings. The van der Waals surface area contributed by atoms with Crippen LogP contribution in [0.2, 0.25) is 0 Å². The van der Waals surface area contributed by atoms with Gasteiger partial charge in [-0.15, -0.1) is 0 Å². The number of para-hydroxylation sites is 3. The molecule has 0 atom stereocenters. The van der Waals surface area contributed by atoms with E-state index in [1.54, 1.807) is 6.07 Å². The molecule has 24 heavy (non-hydrogen) atoms. The van der Waals surface area contributed by atoms with Crippen molar-refractivity contribution in [2.75, 3.05) is 36.0 Å². The number of phenolic OH excluding ortho intramolecular Hbond substituents is 1. The minimum absolute atomic E-state index is 0.352. The molecule has 0 aliphatic carbocycles. The van der Waals surface area contributed by atoms with Crippen molar-refractivity contribution >= 4 is 22.4 Å². The Morgan fingerprint density at radius 3 is 2.33 bits per heavy atom. The van der Waals surface area contributed by atoms with E-state index in [1.807, 2.05) is 24.3 Å². The molecule has 0 radical (unpaired) electrons. The van der Waals surface area contributed by atoms with Crippen LogP contribution in [-0.2, 0) is 0 Å². The number of hydrogen-bond donors (Lipinski definition) is 1. The summed E-state index contributed by atoms with van der Waals surface area (Å²) in [6, 6.07) is 18.0. The van der Waals surface area contributed by atoms with E-state index in [1.165, 1.54) is 10.9 Å². The van der Waals surface area contributed by atoms with Crippen molar-refractivity contribution in [3.8, 4) is 5.75 Å². The lowest BCUT2D eigenvalue weighted by Crippen LogP contribution is -2.46. The molecule has 1 aromatic heterocycles. The minimum atomic E-state index is 0.352. The van der Waals surface area contributed by atoms with Crippen LogP contribution in [0.1, 0.15) is 5.56 Å². The van der Waals surface area contributed by atoms with Gasteiger partial charge in [0.15, 0.2) is 0 Å². The van der Waals surface area contributed by atoms with Crippen molar-refractivity contribution in [3.63, 3.8) is 0 Å². The molecule has 0 amide bonds. The number of aromatic hydroxyl groups is 1. The van der Waals surface area contributed by atoms with Gasteiger partial charge in [0, 0.05) is 31.6 Å². The van der Waals surface area contributed by atoms with Crippen LogP contribution in [0, 0.1) is 6.92 Å². The van der Waals surface area contributed by atoms with Crippen molar-refractivity contribution < 1.29 is 5.11 Å². The third kappa shape index (κ3) is 2.64. The largest absolute Gasteiger partial charge is 0.506 e.